The zero-order chi connectivity index (χ0) is 13.4. The van der Waals surface area contributed by atoms with E-state index in [1.807, 2.05) is 0 Å². The van der Waals surface area contributed by atoms with Gasteiger partial charge in [0.25, 0.3) is 0 Å². The average molecular weight is 271 g/mol. The van der Waals surface area contributed by atoms with E-state index in [0.717, 1.165) is 30.2 Å². The molecule has 1 aromatic heterocycles. The number of hydrogen-bond acceptors (Lipinski definition) is 5. The van der Waals surface area contributed by atoms with Crippen LogP contribution in [0, 0.1) is 16.0 Å². The highest BCUT2D eigenvalue weighted by atomic mass is 32.1. The average Bonchev–Trinajstić information content (AvgIpc) is 2.76. The lowest BCUT2D eigenvalue weighted by molar-refractivity contribution is -0.380. The molecule has 0 aliphatic rings. The van der Waals surface area contributed by atoms with E-state index in [1.165, 1.54) is 31.9 Å². The summed E-state index contributed by atoms with van der Waals surface area (Å²) >= 11 is 1.09. The first kappa shape index (κ1) is 14.9. The molecule has 5 nitrogen and oxygen atoms in total. The van der Waals surface area contributed by atoms with Gasteiger partial charge in [0.1, 0.15) is 6.20 Å². The van der Waals surface area contributed by atoms with Crippen molar-refractivity contribution in [1.29, 1.82) is 0 Å². The summed E-state index contributed by atoms with van der Waals surface area (Å²) in [6, 6.07) is 0. The van der Waals surface area contributed by atoms with E-state index in [2.05, 4.69) is 24.1 Å². The van der Waals surface area contributed by atoms with E-state index >= 15 is 0 Å². The van der Waals surface area contributed by atoms with Crippen LogP contribution in [0.3, 0.4) is 0 Å². The second kappa shape index (κ2) is 8.02. The molecule has 0 saturated heterocycles. The first-order valence-electron chi connectivity index (χ1n) is 6.43. The topological polar surface area (TPSA) is 68.1 Å². The van der Waals surface area contributed by atoms with Gasteiger partial charge in [-0.15, -0.1) is 0 Å². The quantitative estimate of drug-likeness (QED) is 0.417. The summed E-state index contributed by atoms with van der Waals surface area (Å²) in [5, 5.41) is 14.3. The fourth-order valence-corrected chi connectivity index (χ4v) is 2.32. The number of nitrogens with zero attached hydrogens (tertiary/aromatic N) is 2. The van der Waals surface area contributed by atoms with Crippen molar-refractivity contribution in [3.8, 4) is 0 Å². The molecule has 18 heavy (non-hydrogen) atoms. The molecular weight excluding hydrogens is 250 g/mol. The maximum atomic E-state index is 10.5. The SMILES string of the molecule is CC(C)CCCCCCNc1ncc([N+](=O)[O-])s1. The van der Waals surface area contributed by atoms with E-state index in [9.17, 15) is 10.1 Å². The molecular formula is C12H21N3O2S. The Balaban J connectivity index is 2.05. The van der Waals surface area contributed by atoms with Crippen molar-refractivity contribution in [1.82, 2.24) is 4.98 Å². The minimum absolute atomic E-state index is 0.0921. The van der Waals surface area contributed by atoms with Gasteiger partial charge in [0.2, 0.25) is 0 Å². The van der Waals surface area contributed by atoms with Crippen LogP contribution in [-0.4, -0.2) is 16.5 Å². The fraction of sp³-hybridized carbons (Fsp3) is 0.750. The number of thiazole rings is 1. The maximum absolute atomic E-state index is 10.5. The molecule has 6 heteroatoms. The summed E-state index contributed by atoms with van der Waals surface area (Å²) < 4.78 is 0. The van der Waals surface area contributed by atoms with Crippen molar-refractivity contribution in [2.75, 3.05) is 11.9 Å². The third kappa shape index (κ3) is 5.95. The molecule has 0 fully saturated rings. The Bertz CT molecular complexity index is 366. The van der Waals surface area contributed by atoms with Crippen LogP contribution in [0.25, 0.3) is 0 Å². The third-order valence-electron chi connectivity index (χ3n) is 2.66. The summed E-state index contributed by atoms with van der Waals surface area (Å²) in [5.74, 6) is 0.791. The van der Waals surface area contributed by atoms with Crippen molar-refractivity contribution < 1.29 is 4.92 Å². The van der Waals surface area contributed by atoms with Gasteiger partial charge in [-0.05, 0) is 23.7 Å². The number of nitro groups is 1. The van der Waals surface area contributed by atoms with Crippen molar-refractivity contribution in [3.05, 3.63) is 16.3 Å². The smallest absolute Gasteiger partial charge is 0.345 e. The van der Waals surface area contributed by atoms with E-state index in [-0.39, 0.29) is 5.00 Å². The molecule has 0 radical (unpaired) electrons. The molecule has 0 aliphatic carbocycles. The number of aromatic nitrogens is 1. The Morgan fingerprint density at radius 2 is 2.11 bits per heavy atom. The van der Waals surface area contributed by atoms with Gasteiger partial charge in [-0.2, -0.15) is 0 Å². The lowest BCUT2D eigenvalue weighted by Gasteiger charge is -2.04. The highest BCUT2D eigenvalue weighted by Gasteiger charge is 2.10. The molecule has 0 amide bonds. The Hall–Kier alpha value is -1.17. The van der Waals surface area contributed by atoms with Crippen LogP contribution in [0.5, 0.6) is 0 Å². The Morgan fingerprint density at radius 3 is 2.72 bits per heavy atom. The predicted molar refractivity (Wildman–Crippen MR) is 75.2 cm³/mol. The van der Waals surface area contributed by atoms with Gasteiger partial charge in [0, 0.05) is 6.54 Å². The van der Waals surface area contributed by atoms with Crippen molar-refractivity contribution in [2.45, 2.75) is 46.0 Å². The molecule has 1 rings (SSSR count). The third-order valence-corrected chi connectivity index (χ3v) is 3.56. The van der Waals surface area contributed by atoms with Crippen LogP contribution in [0.2, 0.25) is 0 Å². The lowest BCUT2D eigenvalue weighted by atomic mass is 10.0. The van der Waals surface area contributed by atoms with Crippen molar-refractivity contribution >= 4 is 21.5 Å². The molecule has 102 valence electrons. The number of nitrogens with one attached hydrogen (secondary N) is 1. The van der Waals surface area contributed by atoms with Gasteiger partial charge < -0.3 is 5.32 Å². The molecule has 0 spiro atoms. The zero-order valence-electron chi connectivity index (χ0n) is 11.0. The van der Waals surface area contributed by atoms with Gasteiger partial charge >= 0.3 is 5.00 Å². The monoisotopic (exact) mass is 271 g/mol. The Labute approximate surface area is 112 Å². The van der Waals surface area contributed by atoms with Gasteiger partial charge in [0.05, 0.1) is 4.92 Å². The molecule has 0 aliphatic heterocycles. The summed E-state index contributed by atoms with van der Waals surface area (Å²) in [7, 11) is 0. The minimum atomic E-state index is -0.408. The van der Waals surface area contributed by atoms with E-state index in [4.69, 9.17) is 0 Å². The first-order valence-corrected chi connectivity index (χ1v) is 7.25. The largest absolute Gasteiger partial charge is 0.361 e. The van der Waals surface area contributed by atoms with Crippen LogP contribution in [0.15, 0.2) is 6.20 Å². The molecule has 0 saturated carbocycles. The van der Waals surface area contributed by atoms with Crippen LogP contribution >= 0.6 is 11.3 Å². The lowest BCUT2D eigenvalue weighted by Crippen LogP contribution is -2.00. The van der Waals surface area contributed by atoms with Crippen molar-refractivity contribution in [2.24, 2.45) is 5.92 Å². The molecule has 0 unspecified atom stereocenters. The van der Waals surface area contributed by atoms with Gasteiger partial charge in [-0.3, -0.25) is 10.1 Å². The van der Waals surface area contributed by atoms with Gasteiger partial charge in [-0.1, -0.05) is 39.5 Å². The van der Waals surface area contributed by atoms with Gasteiger partial charge in [-0.25, -0.2) is 4.98 Å². The maximum Gasteiger partial charge on any atom is 0.345 e. The van der Waals surface area contributed by atoms with E-state index in [1.54, 1.807) is 0 Å². The molecule has 0 aromatic carbocycles. The molecule has 0 atom stereocenters. The standard InChI is InChI=1S/C12H21N3O2S/c1-10(2)7-5-3-4-6-8-13-12-14-9-11(18-12)15(16)17/h9-10H,3-8H2,1-2H3,(H,13,14). The van der Waals surface area contributed by atoms with E-state index in [0.29, 0.717) is 5.13 Å². The zero-order valence-corrected chi connectivity index (χ0v) is 11.8. The highest BCUT2D eigenvalue weighted by Crippen LogP contribution is 2.24. The van der Waals surface area contributed by atoms with Crippen LogP contribution in [0.1, 0.15) is 46.0 Å². The minimum Gasteiger partial charge on any atom is -0.361 e. The summed E-state index contributed by atoms with van der Waals surface area (Å²) in [6.45, 7) is 5.33. The highest BCUT2D eigenvalue weighted by molar-refractivity contribution is 7.18. The molecule has 1 N–H and O–H groups in total. The fourth-order valence-electron chi connectivity index (χ4n) is 1.66. The summed E-state index contributed by atoms with van der Waals surface area (Å²) in [6.07, 6.45) is 7.44. The number of hydrogen-bond donors (Lipinski definition) is 1. The first-order chi connectivity index (χ1) is 8.59. The van der Waals surface area contributed by atoms with Crippen molar-refractivity contribution in [3.63, 3.8) is 0 Å². The van der Waals surface area contributed by atoms with Crippen LogP contribution in [0.4, 0.5) is 10.1 Å². The molecule has 1 heterocycles. The Kier molecular flexibility index (Phi) is 6.64. The Morgan fingerprint density at radius 1 is 1.39 bits per heavy atom. The summed E-state index contributed by atoms with van der Waals surface area (Å²) in [5.41, 5.74) is 0. The predicted octanol–water partition coefficient (Wildman–Crippen LogP) is 4.07. The van der Waals surface area contributed by atoms with Crippen LogP contribution < -0.4 is 5.32 Å². The number of rotatable bonds is 9. The number of unbranched alkanes of at least 4 members (excludes halogenated alkanes) is 3. The molecule has 1 aromatic rings. The van der Waals surface area contributed by atoms with E-state index < -0.39 is 4.92 Å². The second-order valence-corrected chi connectivity index (χ2v) is 5.79. The second-order valence-electron chi connectivity index (χ2n) is 4.78. The normalized spacial score (nSPS) is 10.8. The number of anilines is 1. The molecule has 0 bridgehead atoms. The summed E-state index contributed by atoms with van der Waals surface area (Å²) in [4.78, 5) is 14.0. The van der Waals surface area contributed by atoms with Crippen LogP contribution in [-0.2, 0) is 0 Å². The van der Waals surface area contributed by atoms with Gasteiger partial charge in [0.15, 0.2) is 5.13 Å².